The number of methoxy groups -OCH3 is 1. The van der Waals surface area contributed by atoms with E-state index in [1.54, 1.807) is 7.11 Å². The van der Waals surface area contributed by atoms with E-state index >= 15 is 0 Å². The Morgan fingerprint density at radius 1 is 1.09 bits per heavy atom. The van der Waals surface area contributed by atoms with Crippen LogP contribution in [0.2, 0.25) is 5.02 Å². The van der Waals surface area contributed by atoms with Gasteiger partial charge in [0, 0.05) is 69.8 Å². The Labute approximate surface area is 196 Å². The van der Waals surface area contributed by atoms with Crippen LogP contribution >= 0.6 is 11.6 Å². The van der Waals surface area contributed by atoms with Gasteiger partial charge < -0.3 is 19.1 Å². The number of aromatic nitrogens is 1. The molecule has 2 unspecified atom stereocenters. The van der Waals surface area contributed by atoms with Crippen LogP contribution in [0.25, 0.3) is 0 Å². The molecule has 7 heteroatoms. The van der Waals surface area contributed by atoms with Crippen LogP contribution in [0.3, 0.4) is 0 Å². The van der Waals surface area contributed by atoms with Crippen molar-refractivity contribution < 1.29 is 9.53 Å². The summed E-state index contributed by atoms with van der Waals surface area (Å²) in [6.45, 7) is 12.4. The Balaban J connectivity index is 1.62. The van der Waals surface area contributed by atoms with Crippen LogP contribution in [0, 0.1) is 6.92 Å². The number of anilines is 1. The van der Waals surface area contributed by atoms with Crippen LogP contribution in [-0.4, -0.2) is 72.7 Å². The molecule has 1 aromatic heterocycles. The molecule has 3 heterocycles. The van der Waals surface area contributed by atoms with Crippen LogP contribution < -0.4 is 4.90 Å². The number of halogens is 1. The molecule has 32 heavy (non-hydrogen) atoms. The summed E-state index contributed by atoms with van der Waals surface area (Å²) in [5, 5.41) is 0.763. The summed E-state index contributed by atoms with van der Waals surface area (Å²) >= 11 is 6.07. The topological polar surface area (TPSA) is 41.0 Å². The number of rotatable bonds is 6. The fraction of sp³-hybridized carbons (Fsp3) is 0.560. The lowest BCUT2D eigenvalue weighted by Crippen LogP contribution is -2.55. The molecule has 1 amide bonds. The maximum atomic E-state index is 13.6. The Morgan fingerprint density at radius 2 is 1.78 bits per heavy atom. The number of nitrogens with zero attached hydrogens (tertiary/aromatic N) is 4. The highest BCUT2D eigenvalue weighted by atomic mass is 35.5. The molecule has 2 aliphatic heterocycles. The predicted octanol–water partition coefficient (Wildman–Crippen LogP) is 4.21. The third-order valence-corrected chi connectivity index (χ3v) is 7.15. The second kappa shape index (κ2) is 9.86. The average molecular weight is 459 g/mol. The van der Waals surface area contributed by atoms with E-state index in [1.165, 1.54) is 5.69 Å². The van der Waals surface area contributed by atoms with Crippen molar-refractivity contribution in [3.05, 3.63) is 52.3 Å². The van der Waals surface area contributed by atoms with Gasteiger partial charge in [0.15, 0.2) is 0 Å². The van der Waals surface area contributed by atoms with Gasteiger partial charge in [0.05, 0.1) is 17.3 Å². The summed E-state index contributed by atoms with van der Waals surface area (Å²) in [6.07, 6.45) is 2.93. The fourth-order valence-electron chi connectivity index (χ4n) is 5.31. The smallest absolute Gasteiger partial charge is 0.256 e. The summed E-state index contributed by atoms with van der Waals surface area (Å²) in [5.41, 5.74) is 4.14. The average Bonchev–Trinajstić information content (AvgIpc) is 3.08. The molecule has 2 aliphatic rings. The molecular weight excluding hydrogens is 424 g/mol. The molecule has 0 radical (unpaired) electrons. The molecule has 6 nitrogen and oxygen atoms in total. The van der Waals surface area contributed by atoms with Crippen molar-refractivity contribution in [1.29, 1.82) is 0 Å². The Bertz CT molecular complexity index is 934. The third-order valence-electron chi connectivity index (χ3n) is 6.90. The lowest BCUT2D eigenvalue weighted by Gasteiger charge is -2.43. The molecule has 174 valence electrons. The molecule has 1 aromatic carbocycles. The molecular formula is C25H35ClN4O2. The first-order chi connectivity index (χ1) is 15.5. The van der Waals surface area contributed by atoms with Crippen molar-refractivity contribution in [2.75, 3.05) is 51.3 Å². The quantitative estimate of drug-likeness (QED) is 0.650. The normalized spacial score (nSPS) is 22.2. The maximum Gasteiger partial charge on any atom is 0.256 e. The van der Waals surface area contributed by atoms with Crippen LogP contribution in [0.1, 0.15) is 48.0 Å². The van der Waals surface area contributed by atoms with Crippen LogP contribution in [0.15, 0.2) is 30.5 Å². The summed E-state index contributed by atoms with van der Waals surface area (Å²) < 4.78 is 8.36. The zero-order valence-electron chi connectivity index (χ0n) is 19.7. The Hall–Kier alpha value is -2.02. The van der Waals surface area contributed by atoms with E-state index in [0.29, 0.717) is 6.54 Å². The van der Waals surface area contributed by atoms with Gasteiger partial charge in [-0.3, -0.25) is 9.69 Å². The van der Waals surface area contributed by atoms with Gasteiger partial charge in [-0.25, -0.2) is 0 Å². The zero-order valence-corrected chi connectivity index (χ0v) is 20.4. The van der Waals surface area contributed by atoms with Crippen molar-refractivity contribution in [2.45, 2.75) is 45.9 Å². The minimum atomic E-state index is -0.133. The number of piperazine rings is 1. The second-order valence-corrected chi connectivity index (χ2v) is 9.27. The zero-order chi connectivity index (χ0) is 22.8. The SMILES string of the molecule is CCCN1CC(N2CCN(c3ccc(Cl)cc3)CC2)C(OC)c2c(c(C)cn2CC)C1=O. The highest BCUT2D eigenvalue weighted by molar-refractivity contribution is 6.30. The first-order valence-corrected chi connectivity index (χ1v) is 12.1. The summed E-state index contributed by atoms with van der Waals surface area (Å²) in [5.74, 6) is 0.149. The first kappa shape index (κ1) is 23.1. The molecule has 1 saturated heterocycles. The van der Waals surface area contributed by atoms with E-state index in [4.69, 9.17) is 16.3 Å². The molecule has 0 aliphatic carbocycles. The minimum Gasteiger partial charge on any atom is -0.373 e. The Morgan fingerprint density at radius 3 is 2.38 bits per heavy atom. The largest absolute Gasteiger partial charge is 0.373 e. The highest BCUT2D eigenvalue weighted by Gasteiger charge is 2.41. The van der Waals surface area contributed by atoms with Crippen molar-refractivity contribution in [3.8, 4) is 0 Å². The van der Waals surface area contributed by atoms with E-state index in [0.717, 1.165) is 67.5 Å². The number of carbonyl (C=O) groups excluding carboxylic acids is 1. The van der Waals surface area contributed by atoms with Crippen molar-refractivity contribution >= 4 is 23.2 Å². The van der Waals surface area contributed by atoms with Crippen LogP contribution in [0.5, 0.6) is 0 Å². The molecule has 2 aromatic rings. The van der Waals surface area contributed by atoms with Crippen molar-refractivity contribution in [2.24, 2.45) is 0 Å². The monoisotopic (exact) mass is 458 g/mol. The molecule has 0 spiro atoms. The van der Waals surface area contributed by atoms with E-state index in [2.05, 4.69) is 46.5 Å². The van der Waals surface area contributed by atoms with Gasteiger partial charge in [0.25, 0.3) is 5.91 Å². The lowest BCUT2D eigenvalue weighted by atomic mass is 10.0. The van der Waals surface area contributed by atoms with E-state index < -0.39 is 0 Å². The third kappa shape index (κ3) is 4.28. The predicted molar refractivity (Wildman–Crippen MR) is 130 cm³/mol. The number of benzene rings is 1. The molecule has 0 N–H and O–H groups in total. The van der Waals surface area contributed by atoms with Crippen LogP contribution in [-0.2, 0) is 11.3 Å². The summed E-state index contributed by atoms with van der Waals surface area (Å²) in [7, 11) is 1.79. The number of carbonyl (C=O) groups is 1. The fourth-order valence-corrected chi connectivity index (χ4v) is 5.43. The van der Waals surface area contributed by atoms with E-state index in [1.807, 2.05) is 24.0 Å². The number of hydrogen-bond donors (Lipinski definition) is 0. The number of ether oxygens (including phenoxy) is 1. The summed E-state index contributed by atoms with van der Waals surface area (Å²) in [6, 6.07) is 8.21. The van der Waals surface area contributed by atoms with Gasteiger partial charge in [-0.2, -0.15) is 0 Å². The minimum absolute atomic E-state index is 0.128. The standard InChI is InChI=1S/C25H35ClN4O2/c1-5-11-30-17-21(24(32-4)23-22(25(30)31)18(3)16-27(23)6-2)29-14-12-28(13-15-29)20-9-7-19(26)8-10-20/h7-10,16,21,24H,5-6,11-15,17H2,1-4H3. The number of amides is 1. The summed E-state index contributed by atoms with van der Waals surface area (Å²) in [4.78, 5) is 20.5. The lowest BCUT2D eigenvalue weighted by molar-refractivity contribution is -0.00339. The van der Waals surface area contributed by atoms with Gasteiger partial charge in [-0.1, -0.05) is 18.5 Å². The van der Waals surface area contributed by atoms with Crippen molar-refractivity contribution in [1.82, 2.24) is 14.4 Å². The highest BCUT2D eigenvalue weighted by Crippen LogP contribution is 2.35. The molecule has 0 saturated carbocycles. The maximum absolute atomic E-state index is 13.6. The molecule has 1 fully saturated rings. The number of hydrogen-bond acceptors (Lipinski definition) is 4. The second-order valence-electron chi connectivity index (χ2n) is 8.83. The van der Waals surface area contributed by atoms with Gasteiger partial charge >= 0.3 is 0 Å². The van der Waals surface area contributed by atoms with E-state index in [-0.39, 0.29) is 18.1 Å². The number of fused-ring (bicyclic) bond motifs is 1. The van der Waals surface area contributed by atoms with Gasteiger partial charge in [-0.05, 0) is 50.1 Å². The molecule has 0 bridgehead atoms. The Kier molecular flexibility index (Phi) is 7.13. The van der Waals surface area contributed by atoms with Crippen LogP contribution in [0.4, 0.5) is 5.69 Å². The van der Waals surface area contributed by atoms with Gasteiger partial charge in [0.1, 0.15) is 6.10 Å². The molecule has 4 rings (SSSR count). The first-order valence-electron chi connectivity index (χ1n) is 11.7. The molecule has 2 atom stereocenters. The van der Waals surface area contributed by atoms with E-state index in [9.17, 15) is 4.79 Å². The number of aryl methyl sites for hydroxylation is 2. The van der Waals surface area contributed by atoms with Crippen molar-refractivity contribution in [3.63, 3.8) is 0 Å². The van der Waals surface area contributed by atoms with Gasteiger partial charge in [0.2, 0.25) is 0 Å². The van der Waals surface area contributed by atoms with Gasteiger partial charge in [-0.15, -0.1) is 0 Å².